The second kappa shape index (κ2) is 6.33. The van der Waals surface area contributed by atoms with Gasteiger partial charge in [-0.2, -0.15) is 14.6 Å². The fourth-order valence-corrected chi connectivity index (χ4v) is 3.01. The van der Waals surface area contributed by atoms with Crippen molar-refractivity contribution in [1.29, 1.82) is 0 Å². The van der Waals surface area contributed by atoms with Crippen LogP contribution in [-0.4, -0.2) is 48.4 Å². The van der Waals surface area contributed by atoms with E-state index in [9.17, 15) is 4.79 Å². The quantitative estimate of drug-likeness (QED) is 0.749. The van der Waals surface area contributed by atoms with E-state index in [-0.39, 0.29) is 17.4 Å². The molecule has 1 aliphatic rings. The Morgan fingerprint density at radius 3 is 2.81 bits per heavy atom. The lowest BCUT2D eigenvalue weighted by Crippen LogP contribution is -2.21. The van der Waals surface area contributed by atoms with Gasteiger partial charge in [0.2, 0.25) is 5.91 Å². The van der Waals surface area contributed by atoms with E-state index in [1.807, 2.05) is 23.9 Å². The summed E-state index contributed by atoms with van der Waals surface area (Å²) in [5, 5.41) is 11.6. The van der Waals surface area contributed by atoms with Crippen LogP contribution in [0.15, 0.2) is 18.5 Å². The monoisotopic (exact) mass is 369 g/mol. The molecule has 27 heavy (non-hydrogen) atoms. The van der Waals surface area contributed by atoms with Gasteiger partial charge >= 0.3 is 6.01 Å². The number of rotatable bonds is 4. The molecule has 1 aliphatic heterocycles. The second-order valence-electron chi connectivity index (χ2n) is 7.88. The molecule has 0 saturated carbocycles. The lowest BCUT2D eigenvalue weighted by molar-refractivity contribution is -0.119. The number of amides is 1. The normalized spacial score (nSPS) is 17.5. The third-order valence-corrected chi connectivity index (χ3v) is 4.48. The van der Waals surface area contributed by atoms with Crippen LogP contribution in [0, 0.1) is 12.8 Å². The largest absolute Gasteiger partial charge is 0.463 e. The van der Waals surface area contributed by atoms with Crippen molar-refractivity contribution in [2.24, 2.45) is 5.92 Å². The molecule has 4 heterocycles. The maximum absolute atomic E-state index is 11.4. The number of hydrogen-bond donors (Lipinski definition) is 1. The molecule has 0 aromatic carbocycles. The highest BCUT2D eigenvalue weighted by Crippen LogP contribution is 2.24. The molecule has 9 heteroatoms. The summed E-state index contributed by atoms with van der Waals surface area (Å²) >= 11 is 0. The Balaban J connectivity index is 1.67. The summed E-state index contributed by atoms with van der Waals surface area (Å²) in [7, 11) is 0. The minimum absolute atomic E-state index is 0.0571. The van der Waals surface area contributed by atoms with Gasteiger partial charge in [0.25, 0.3) is 0 Å². The predicted molar refractivity (Wildman–Crippen MR) is 98.3 cm³/mol. The van der Waals surface area contributed by atoms with E-state index < -0.39 is 0 Å². The molecule has 1 amide bonds. The van der Waals surface area contributed by atoms with Crippen molar-refractivity contribution in [3.05, 3.63) is 24.3 Å². The Kier molecular flexibility index (Phi) is 4.09. The number of fused-ring (bicyclic) bond motifs is 1. The van der Waals surface area contributed by atoms with Gasteiger partial charge in [0.1, 0.15) is 5.82 Å². The van der Waals surface area contributed by atoms with Crippen LogP contribution in [0.4, 0.5) is 0 Å². The summed E-state index contributed by atoms with van der Waals surface area (Å²) in [5.74, 6) is 0.829. The number of carbonyl (C=O) groups is 1. The van der Waals surface area contributed by atoms with Crippen molar-refractivity contribution in [3.63, 3.8) is 0 Å². The van der Waals surface area contributed by atoms with Crippen LogP contribution >= 0.6 is 0 Å². The topological polar surface area (TPSA) is 99.2 Å². The molecule has 1 fully saturated rings. The fraction of sp³-hybridized carbons (Fsp3) is 0.500. The van der Waals surface area contributed by atoms with Crippen molar-refractivity contribution < 1.29 is 9.53 Å². The molecule has 0 spiro atoms. The van der Waals surface area contributed by atoms with Gasteiger partial charge in [-0.1, -0.05) is 0 Å². The molecule has 4 rings (SSSR count). The number of ether oxygens (including phenoxy) is 1. The molecule has 1 N–H and O–H groups in total. The van der Waals surface area contributed by atoms with E-state index in [1.54, 1.807) is 10.7 Å². The standard InChI is InChI=1S/C18H23N7O2/c1-11-21-15-6-14(13-8-20-24(9-13)18(2,3)4)22-17(25(15)23-11)27-10-12-5-16(26)19-7-12/h6,8-9,12H,5,7,10H2,1-4H3,(H,19,26). The zero-order chi connectivity index (χ0) is 19.2. The summed E-state index contributed by atoms with van der Waals surface area (Å²) in [6.45, 7) is 9.11. The highest BCUT2D eigenvalue weighted by molar-refractivity contribution is 5.78. The van der Waals surface area contributed by atoms with E-state index in [4.69, 9.17) is 4.74 Å². The number of nitrogens with one attached hydrogen (secondary N) is 1. The predicted octanol–water partition coefficient (Wildman–Crippen LogP) is 1.57. The maximum Gasteiger partial charge on any atom is 0.320 e. The molecular formula is C18H23N7O2. The first-order valence-corrected chi connectivity index (χ1v) is 8.99. The van der Waals surface area contributed by atoms with Crippen LogP contribution in [0.5, 0.6) is 6.01 Å². The SMILES string of the molecule is Cc1nc2cc(-c3cnn(C(C)(C)C)c3)nc(OCC3CNC(=O)C3)n2n1. The molecular weight excluding hydrogens is 346 g/mol. The van der Waals surface area contributed by atoms with Crippen molar-refractivity contribution in [2.45, 2.75) is 39.7 Å². The van der Waals surface area contributed by atoms with Gasteiger partial charge in [-0.25, -0.2) is 4.98 Å². The summed E-state index contributed by atoms with van der Waals surface area (Å²) in [5.41, 5.74) is 2.16. The number of aryl methyl sites for hydroxylation is 1. The second-order valence-corrected chi connectivity index (χ2v) is 7.88. The van der Waals surface area contributed by atoms with Crippen LogP contribution < -0.4 is 10.1 Å². The molecule has 3 aromatic heterocycles. The molecule has 3 aromatic rings. The average molecular weight is 369 g/mol. The number of hydrogen-bond acceptors (Lipinski definition) is 6. The average Bonchev–Trinajstić information content (AvgIpc) is 3.30. The van der Waals surface area contributed by atoms with Gasteiger partial charge in [0.15, 0.2) is 5.65 Å². The van der Waals surface area contributed by atoms with Crippen LogP contribution in [0.2, 0.25) is 0 Å². The van der Waals surface area contributed by atoms with Crippen LogP contribution in [-0.2, 0) is 10.3 Å². The van der Waals surface area contributed by atoms with Crippen molar-refractivity contribution in [2.75, 3.05) is 13.2 Å². The van der Waals surface area contributed by atoms with Crippen molar-refractivity contribution >= 4 is 11.6 Å². The number of carbonyl (C=O) groups excluding carboxylic acids is 1. The first kappa shape index (κ1) is 17.4. The molecule has 142 valence electrons. The van der Waals surface area contributed by atoms with Crippen molar-refractivity contribution in [1.82, 2.24) is 34.7 Å². The smallest absolute Gasteiger partial charge is 0.320 e. The lowest BCUT2D eigenvalue weighted by atomic mass is 10.1. The van der Waals surface area contributed by atoms with E-state index in [1.165, 1.54) is 0 Å². The number of aromatic nitrogens is 6. The van der Waals surface area contributed by atoms with Crippen molar-refractivity contribution in [3.8, 4) is 17.3 Å². The Morgan fingerprint density at radius 1 is 1.33 bits per heavy atom. The first-order chi connectivity index (χ1) is 12.8. The molecule has 1 unspecified atom stereocenters. The molecule has 0 aliphatic carbocycles. The summed E-state index contributed by atoms with van der Waals surface area (Å²) in [4.78, 5) is 20.5. The van der Waals surface area contributed by atoms with Crippen LogP contribution in [0.3, 0.4) is 0 Å². The molecule has 1 atom stereocenters. The highest BCUT2D eigenvalue weighted by atomic mass is 16.5. The van der Waals surface area contributed by atoms with E-state index >= 15 is 0 Å². The Bertz CT molecular complexity index is 999. The zero-order valence-corrected chi connectivity index (χ0v) is 15.9. The summed E-state index contributed by atoms with van der Waals surface area (Å²) in [6, 6.07) is 2.24. The van der Waals surface area contributed by atoms with Gasteiger partial charge in [0.05, 0.1) is 24.0 Å². The van der Waals surface area contributed by atoms with Gasteiger partial charge in [-0.05, 0) is 27.7 Å². The Hall–Kier alpha value is -2.97. The lowest BCUT2D eigenvalue weighted by Gasteiger charge is -2.18. The molecule has 1 saturated heterocycles. The van der Waals surface area contributed by atoms with E-state index in [2.05, 4.69) is 46.3 Å². The Morgan fingerprint density at radius 2 is 2.15 bits per heavy atom. The number of nitrogens with zero attached hydrogens (tertiary/aromatic N) is 6. The molecule has 0 radical (unpaired) electrons. The third-order valence-electron chi connectivity index (χ3n) is 4.48. The zero-order valence-electron chi connectivity index (χ0n) is 15.9. The van der Waals surface area contributed by atoms with Gasteiger partial charge < -0.3 is 10.1 Å². The van der Waals surface area contributed by atoms with Crippen LogP contribution in [0.25, 0.3) is 16.9 Å². The van der Waals surface area contributed by atoms with Gasteiger partial charge in [-0.15, -0.1) is 5.10 Å². The highest BCUT2D eigenvalue weighted by Gasteiger charge is 2.23. The fourth-order valence-electron chi connectivity index (χ4n) is 3.01. The van der Waals surface area contributed by atoms with E-state index in [0.717, 1.165) is 11.3 Å². The molecule has 0 bridgehead atoms. The van der Waals surface area contributed by atoms with E-state index in [0.29, 0.717) is 37.1 Å². The van der Waals surface area contributed by atoms with Gasteiger partial charge in [0, 0.05) is 36.7 Å². The van der Waals surface area contributed by atoms with Gasteiger partial charge in [-0.3, -0.25) is 9.48 Å². The minimum atomic E-state index is -0.116. The summed E-state index contributed by atoms with van der Waals surface area (Å²) in [6.07, 6.45) is 4.22. The minimum Gasteiger partial charge on any atom is -0.463 e. The first-order valence-electron chi connectivity index (χ1n) is 8.99. The summed E-state index contributed by atoms with van der Waals surface area (Å²) < 4.78 is 9.43. The Labute approximate surface area is 156 Å². The van der Waals surface area contributed by atoms with Crippen LogP contribution in [0.1, 0.15) is 33.0 Å². The molecule has 9 nitrogen and oxygen atoms in total. The third kappa shape index (κ3) is 3.49. The maximum atomic E-state index is 11.4.